The highest BCUT2D eigenvalue weighted by Crippen LogP contribution is 2.22. The molecule has 3 N–H and O–H groups in total. The lowest BCUT2D eigenvalue weighted by atomic mass is 10.0. The zero-order valence-electron chi connectivity index (χ0n) is 14.9. The molecule has 0 heterocycles. The second-order valence-corrected chi connectivity index (χ2v) is 5.62. The SMILES string of the molecule is C=C(NCC)c1cc(C(=C)NCCC)cc(C(=C)NCCC)c1. The molecule has 0 bridgehead atoms. The van der Waals surface area contributed by atoms with Crippen molar-refractivity contribution >= 4 is 17.1 Å². The van der Waals surface area contributed by atoms with E-state index in [0.29, 0.717) is 0 Å². The maximum absolute atomic E-state index is 4.16. The molecule has 0 fully saturated rings. The number of rotatable bonds is 11. The fourth-order valence-electron chi connectivity index (χ4n) is 2.22. The van der Waals surface area contributed by atoms with Crippen LogP contribution in [-0.2, 0) is 0 Å². The van der Waals surface area contributed by atoms with E-state index < -0.39 is 0 Å². The lowest BCUT2D eigenvalue weighted by Gasteiger charge is -2.17. The third-order valence-electron chi connectivity index (χ3n) is 3.55. The second kappa shape index (κ2) is 9.78. The van der Waals surface area contributed by atoms with Gasteiger partial charge in [-0.25, -0.2) is 0 Å². The average molecular weight is 313 g/mol. The summed E-state index contributed by atoms with van der Waals surface area (Å²) in [4.78, 5) is 0. The summed E-state index contributed by atoms with van der Waals surface area (Å²) in [6, 6.07) is 6.36. The van der Waals surface area contributed by atoms with E-state index in [9.17, 15) is 0 Å². The van der Waals surface area contributed by atoms with E-state index in [4.69, 9.17) is 0 Å². The van der Waals surface area contributed by atoms with E-state index >= 15 is 0 Å². The molecule has 0 saturated heterocycles. The van der Waals surface area contributed by atoms with Crippen LogP contribution in [0.4, 0.5) is 0 Å². The van der Waals surface area contributed by atoms with E-state index in [0.717, 1.165) is 66.3 Å². The Morgan fingerprint density at radius 1 is 0.696 bits per heavy atom. The molecule has 3 heteroatoms. The van der Waals surface area contributed by atoms with E-state index in [1.165, 1.54) is 0 Å². The van der Waals surface area contributed by atoms with Gasteiger partial charge in [0.2, 0.25) is 0 Å². The van der Waals surface area contributed by atoms with Crippen LogP contribution in [0.1, 0.15) is 50.3 Å². The molecule has 3 nitrogen and oxygen atoms in total. The molecule has 0 spiro atoms. The molecule has 126 valence electrons. The smallest absolute Gasteiger partial charge is 0.0341 e. The zero-order chi connectivity index (χ0) is 17.2. The minimum Gasteiger partial charge on any atom is -0.385 e. The van der Waals surface area contributed by atoms with E-state index in [1.54, 1.807) is 0 Å². The van der Waals surface area contributed by atoms with Gasteiger partial charge in [-0.1, -0.05) is 33.6 Å². The van der Waals surface area contributed by atoms with E-state index in [-0.39, 0.29) is 0 Å². The van der Waals surface area contributed by atoms with Gasteiger partial charge < -0.3 is 16.0 Å². The molecule has 0 aliphatic carbocycles. The Kier molecular flexibility index (Phi) is 8.03. The van der Waals surface area contributed by atoms with Crippen molar-refractivity contribution in [3.63, 3.8) is 0 Å². The molecule has 0 aliphatic rings. The van der Waals surface area contributed by atoms with Crippen LogP contribution in [0.3, 0.4) is 0 Å². The van der Waals surface area contributed by atoms with Gasteiger partial charge in [0.15, 0.2) is 0 Å². The largest absolute Gasteiger partial charge is 0.385 e. The van der Waals surface area contributed by atoms with Crippen molar-refractivity contribution in [3.05, 3.63) is 54.6 Å². The highest BCUT2D eigenvalue weighted by Gasteiger charge is 2.08. The van der Waals surface area contributed by atoms with Gasteiger partial charge in [-0.2, -0.15) is 0 Å². The standard InChI is InChI=1S/C20H31N3/c1-7-10-22-16(5)19-12-18(15(4)21-9-3)13-20(14-19)17(6)23-11-8-2/h12-14,21-23H,4-11H2,1-3H3. The van der Waals surface area contributed by atoms with Crippen LogP contribution in [0, 0.1) is 0 Å². The summed E-state index contributed by atoms with van der Waals surface area (Å²) in [6.45, 7) is 21.5. The molecule has 0 unspecified atom stereocenters. The number of benzene rings is 1. The van der Waals surface area contributed by atoms with Gasteiger partial charge in [-0.05, 0) is 54.7 Å². The predicted molar refractivity (Wildman–Crippen MR) is 104 cm³/mol. The normalized spacial score (nSPS) is 10.0. The van der Waals surface area contributed by atoms with Crippen LogP contribution < -0.4 is 16.0 Å². The predicted octanol–water partition coefficient (Wildman–Crippen LogP) is 4.21. The van der Waals surface area contributed by atoms with Gasteiger partial charge in [-0.3, -0.25) is 0 Å². The van der Waals surface area contributed by atoms with Gasteiger partial charge in [0.05, 0.1) is 0 Å². The van der Waals surface area contributed by atoms with E-state index in [1.807, 2.05) is 0 Å². The Balaban J connectivity index is 3.13. The van der Waals surface area contributed by atoms with Gasteiger partial charge in [-0.15, -0.1) is 0 Å². The zero-order valence-corrected chi connectivity index (χ0v) is 14.9. The highest BCUT2D eigenvalue weighted by atomic mass is 14.9. The second-order valence-electron chi connectivity index (χ2n) is 5.62. The van der Waals surface area contributed by atoms with Crippen molar-refractivity contribution in [1.29, 1.82) is 0 Å². The maximum Gasteiger partial charge on any atom is 0.0341 e. The first-order valence-electron chi connectivity index (χ1n) is 8.47. The van der Waals surface area contributed by atoms with Crippen LogP contribution in [0.5, 0.6) is 0 Å². The molecule has 0 saturated carbocycles. The lowest BCUT2D eigenvalue weighted by Crippen LogP contribution is -2.16. The summed E-state index contributed by atoms with van der Waals surface area (Å²) in [5.74, 6) is 0. The van der Waals surface area contributed by atoms with Gasteiger partial charge >= 0.3 is 0 Å². The molecule has 0 amide bonds. The molecule has 0 aromatic heterocycles. The van der Waals surface area contributed by atoms with Crippen molar-refractivity contribution < 1.29 is 0 Å². The molecule has 0 atom stereocenters. The minimum atomic E-state index is 0.850. The third kappa shape index (κ3) is 5.85. The summed E-state index contributed by atoms with van der Waals surface area (Å²) >= 11 is 0. The molecule has 23 heavy (non-hydrogen) atoms. The summed E-state index contributed by atoms with van der Waals surface area (Å²) in [5.41, 5.74) is 6.00. The lowest BCUT2D eigenvalue weighted by molar-refractivity contribution is 0.822. The van der Waals surface area contributed by atoms with E-state index in [2.05, 4.69) is 74.7 Å². The Morgan fingerprint density at radius 3 is 1.35 bits per heavy atom. The minimum absolute atomic E-state index is 0.850. The first kappa shape index (κ1) is 18.9. The van der Waals surface area contributed by atoms with Crippen LogP contribution in [0.15, 0.2) is 37.9 Å². The Hall–Kier alpha value is -2.16. The summed E-state index contributed by atoms with van der Waals surface area (Å²) in [5, 5.41) is 10.0. The molecule has 1 aromatic rings. The van der Waals surface area contributed by atoms with Crippen LogP contribution >= 0.6 is 0 Å². The fraction of sp³-hybridized carbons (Fsp3) is 0.400. The molecular weight excluding hydrogens is 282 g/mol. The molecule has 1 aromatic carbocycles. The quantitative estimate of drug-likeness (QED) is 0.573. The summed E-state index contributed by atoms with van der Waals surface area (Å²) in [7, 11) is 0. The topological polar surface area (TPSA) is 36.1 Å². The molecular formula is C20H31N3. The fourth-order valence-corrected chi connectivity index (χ4v) is 2.22. The maximum atomic E-state index is 4.16. The van der Waals surface area contributed by atoms with Crippen LogP contribution in [0.2, 0.25) is 0 Å². The van der Waals surface area contributed by atoms with Crippen LogP contribution in [-0.4, -0.2) is 19.6 Å². The first-order chi connectivity index (χ1) is 11.0. The first-order valence-corrected chi connectivity index (χ1v) is 8.47. The summed E-state index contributed by atoms with van der Waals surface area (Å²) < 4.78 is 0. The molecule has 1 rings (SSSR count). The third-order valence-corrected chi connectivity index (χ3v) is 3.55. The Labute approximate surface area is 141 Å². The monoisotopic (exact) mass is 313 g/mol. The Morgan fingerprint density at radius 2 is 1.04 bits per heavy atom. The molecule has 0 radical (unpaired) electrons. The van der Waals surface area contributed by atoms with Gasteiger partial charge in [0.25, 0.3) is 0 Å². The van der Waals surface area contributed by atoms with Crippen LogP contribution in [0.25, 0.3) is 17.1 Å². The van der Waals surface area contributed by atoms with Crippen molar-refractivity contribution in [2.75, 3.05) is 19.6 Å². The highest BCUT2D eigenvalue weighted by molar-refractivity contribution is 5.75. The van der Waals surface area contributed by atoms with Crippen molar-refractivity contribution in [1.82, 2.24) is 16.0 Å². The summed E-state index contributed by atoms with van der Waals surface area (Å²) in [6.07, 6.45) is 2.14. The average Bonchev–Trinajstić information content (AvgIpc) is 2.57. The number of hydrogen-bond acceptors (Lipinski definition) is 3. The molecule has 0 aliphatic heterocycles. The Bertz CT molecular complexity index is 520. The van der Waals surface area contributed by atoms with Gasteiger partial charge in [0.1, 0.15) is 0 Å². The van der Waals surface area contributed by atoms with Crippen molar-refractivity contribution in [2.24, 2.45) is 0 Å². The number of hydrogen-bond donors (Lipinski definition) is 3. The number of nitrogens with one attached hydrogen (secondary N) is 3. The van der Waals surface area contributed by atoms with Crippen molar-refractivity contribution in [3.8, 4) is 0 Å². The van der Waals surface area contributed by atoms with Crippen molar-refractivity contribution in [2.45, 2.75) is 33.6 Å². The van der Waals surface area contributed by atoms with Gasteiger partial charge in [0, 0.05) is 36.7 Å².